The van der Waals surface area contributed by atoms with Crippen molar-refractivity contribution in [3.8, 4) is 11.4 Å². The zero-order valence-electron chi connectivity index (χ0n) is 15.6. The summed E-state index contributed by atoms with van der Waals surface area (Å²) >= 11 is 13.6. The molecule has 28 heavy (non-hydrogen) atoms. The molecule has 0 spiro atoms. The van der Waals surface area contributed by atoms with Crippen LogP contribution in [0.5, 0.6) is 0 Å². The Bertz CT molecular complexity index is 986. The molecule has 10 heteroatoms. The summed E-state index contributed by atoms with van der Waals surface area (Å²) in [6.45, 7) is 6.67. The van der Waals surface area contributed by atoms with E-state index in [0.717, 1.165) is 5.56 Å². The minimum atomic E-state index is -0.216. The minimum Gasteiger partial charge on any atom is -0.338 e. The zero-order chi connectivity index (χ0) is 20.3. The van der Waals surface area contributed by atoms with Crippen molar-refractivity contribution in [2.24, 2.45) is 5.92 Å². The monoisotopic (exact) mass is 439 g/mol. The van der Waals surface area contributed by atoms with Crippen LogP contribution in [0.15, 0.2) is 33.9 Å². The first-order valence-electron chi connectivity index (χ1n) is 8.58. The van der Waals surface area contributed by atoms with Gasteiger partial charge in [0.15, 0.2) is 11.0 Å². The van der Waals surface area contributed by atoms with Crippen LogP contribution in [0, 0.1) is 12.8 Å². The van der Waals surface area contributed by atoms with E-state index in [2.05, 4.69) is 34.5 Å². The number of hydrogen-bond donors (Lipinski definition) is 1. The average Bonchev–Trinajstić information content (AvgIpc) is 3.19. The van der Waals surface area contributed by atoms with Crippen molar-refractivity contribution in [2.45, 2.75) is 32.5 Å². The second-order valence-electron chi connectivity index (χ2n) is 6.60. The molecule has 1 aromatic carbocycles. The van der Waals surface area contributed by atoms with Crippen LogP contribution >= 0.6 is 35.0 Å². The van der Waals surface area contributed by atoms with Gasteiger partial charge in [0, 0.05) is 23.2 Å². The summed E-state index contributed by atoms with van der Waals surface area (Å²) in [4.78, 5) is 12.2. The number of rotatable bonds is 7. The number of aromatic nitrogens is 4. The predicted octanol–water partition coefficient (Wildman–Crippen LogP) is 4.94. The molecule has 0 fully saturated rings. The van der Waals surface area contributed by atoms with Crippen LogP contribution in [-0.4, -0.2) is 31.6 Å². The molecule has 3 aromatic rings. The second-order valence-corrected chi connectivity index (χ2v) is 8.39. The number of aryl methyl sites for hydroxylation is 1. The highest BCUT2D eigenvalue weighted by Gasteiger charge is 2.19. The standard InChI is InChI=1S/C18H19Cl2N5O2S/c1-10(2)8-25-17(13-5-4-12(19)7-14(13)20)22-23-18(25)28-9-15(26)21-16-6-11(3)24-27-16/h4-7,10H,8-9H2,1-3H3,(H,21,26). The summed E-state index contributed by atoms with van der Waals surface area (Å²) in [6.07, 6.45) is 0. The van der Waals surface area contributed by atoms with E-state index >= 15 is 0 Å². The molecule has 0 radical (unpaired) electrons. The van der Waals surface area contributed by atoms with Crippen LogP contribution < -0.4 is 5.32 Å². The molecular formula is C18H19Cl2N5O2S. The molecule has 1 N–H and O–H groups in total. The Balaban J connectivity index is 1.79. The van der Waals surface area contributed by atoms with Gasteiger partial charge in [0.05, 0.1) is 16.5 Å². The molecule has 2 aromatic heterocycles. The number of nitrogens with zero attached hydrogens (tertiary/aromatic N) is 4. The molecule has 3 rings (SSSR count). The molecule has 1 amide bonds. The van der Waals surface area contributed by atoms with Crippen molar-refractivity contribution in [3.05, 3.63) is 40.0 Å². The highest BCUT2D eigenvalue weighted by atomic mass is 35.5. The SMILES string of the molecule is Cc1cc(NC(=O)CSc2nnc(-c3ccc(Cl)cc3Cl)n2CC(C)C)on1. The average molecular weight is 440 g/mol. The Kier molecular flexibility index (Phi) is 6.64. The van der Waals surface area contributed by atoms with Gasteiger partial charge in [-0.2, -0.15) is 0 Å². The van der Waals surface area contributed by atoms with Crippen LogP contribution in [0.1, 0.15) is 19.5 Å². The first-order valence-corrected chi connectivity index (χ1v) is 10.3. The van der Waals surface area contributed by atoms with Crippen molar-refractivity contribution >= 4 is 46.8 Å². The number of nitrogens with one attached hydrogen (secondary N) is 1. The lowest BCUT2D eigenvalue weighted by molar-refractivity contribution is -0.113. The van der Waals surface area contributed by atoms with Crippen molar-refractivity contribution in [2.75, 3.05) is 11.1 Å². The summed E-state index contributed by atoms with van der Waals surface area (Å²) in [5.41, 5.74) is 1.44. The van der Waals surface area contributed by atoms with Crippen molar-refractivity contribution in [1.82, 2.24) is 19.9 Å². The van der Waals surface area contributed by atoms with Gasteiger partial charge in [-0.1, -0.05) is 54.0 Å². The topological polar surface area (TPSA) is 85.8 Å². The number of halogens is 2. The lowest BCUT2D eigenvalue weighted by atomic mass is 10.2. The molecule has 0 aliphatic heterocycles. The number of benzene rings is 1. The largest absolute Gasteiger partial charge is 0.338 e. The van der Waals surface area contributed by atoms with Gasteiger partial charge >= 0.3 is 0 Å². The lowest BCUT2D eigenvalue weighted by Crippen LogP contribution is -2.15. The molecule has 148 valence electrons. The number of anilines is 1. The molecule has 0 aliphatic carbocycles. The maximum Gasteiger partial charge on any atom is 0.237 e. The number of thioether (sulfide) groups is 1. The van der Waals surface area contributed by atoms with Gasteiger partial charge in [-0.25, -0.2) is 0 Å². The Hall–Kier alpha value is -2.03. The first-order chi connectivity index (χ1) is 13.3. The van der Waals surface area contributed by atoms with Gasteiger partial charge in [0.25, 0.3) is 0 Å². The molecule has 0 saturated carbocycles. The van der Waals surface area contributed by atoms with E-state index in [1.807, 2.05) is 10.6 Å². The van der Waals surface area contributed by atoms with Crippen LogP contribution in [0.25, 0.3) is 11.4 Å². The smallest absolute Gasteiger partial charge is 0.237 e. The quantitative estimate of drug-likeness (QED) is 0.524. The molecule has 0 unspecified atom stereocenters. The molecule has 0 atom stereocenters. The number of amides is 1. The van der Waals surface area contributed by atoms with E-state index < -0.39 is 0 Å². The third-order valence-electron chi connectivity index (χ3n) is 3.66. The van der Waals surface area contributed by atoms with E-state index in [9.17, 15) is 4.79 Å². The van der Waals surface area contributed by atoms with Crippen LogP contribution in [0.2, 0.25) is 10.0 Å². The lowest BCUT2D eigenvalue weighted by Gasteiger charge is -2.13. The summed E-state index contributed by atoms with van der Waals surface area (Å²) in [5.74, 6) is 1.26. The van der Waals surface area contributed by atoms with Gasteiger partial charge in [-0.3, -0.25) is 10.1 Å². The molecule has 0 aliphatic rings. The van der Waals surface area contributed by atoms with Gasteiger partial charge in [-0.15, -0.1) is 10.2 Å². The number of carbonyl (C=O) groups is 1. The fourth-order valence-corrected chi connectivity index (χ4v) is 3.76. The fraction of sp³-hybridized carbons (Fsp3) is 0.333. The van der Waals surface area contributed by atoms with Gasteiger partial charge in [0.2, 0.25) is 11.8 Å². The maximum atomic E-state index is 12.2. The van der Waals surface area contributed by atoms with E-state index in [4.69, 9.17) is 27.7 Å². The van der Waals surface area contributed by atoms with Crippen LogP contribution in [-0.2, 0) is 11.3 Å². The number of hydrogen-bond acceptors (Lipinski definition) is 6. The molecule has 0 saturated heterocycles. The Morgan fingerprint density at radius 3 is 2.71 bits per heavy atom. The van der Waals surface area contributed by atoms with Gasteiger partial charge in [-0.05, 0) is 31.0 Å². The Morgan fingerprint density at radius 1 is 1.29 bits per heavy atom. The maximum absolute atomic E-state index is 12.2. The van der Waals surface area contributed by atoms with E-state index in [-0.39, 0.29) is 11.7 Å². The van der Waals surface area contributed by atoms with Crippen molar-refractivity contribution < 1.29 is 9.32 Å². The summed E-state index contributed by atoms with van der Waals surface area (Å²) in [7, 11) is 0. The predicted molar refractivity (Wildman–Crippen MR) is 111 cm³/mol. The normalized spacial score (nSPS) is 11.2. The summed E-state index contributed by atoms with van der Waals surface area (Å²) in [6, 6.07) is 6.91. The summed E-state index contributed by atoms with van der Waals surface area (Å²) in [5, 5.41) is 16.7. The summed E-state index contributed by atoms with van der Waals surface area (Å²) < 4.78 is 6.97. The highest BCUT2D eigenvalue weighted by molar-refractivity contribution is 7.99. The fourth-order valence-electron chi connectivity index (χ4n) is 2.52. The van der Waals surface area contributed by atoms with Gasteiger partial charge in [0.1, 0.15) is 0 Å². The van der Waals surface area contributed by atoms with Crippen LogP contribution in [0.4, 0.5) is 5.88 Å². The van der Waals surface area contributed by atoms with Crippen molar-refractivity contribution in [3.63, 3.8) is 0 Å². The Morgan fingerprint density at radius 2 is 2.07 bits per heavy atom. The van der Waals surface area contributed by atoms with Gasteiger partial charge < -0.3 is 9.09 Å². The van der Waals surface area contributed by atoms with Crippen molar-refractivity contribution in [1.29, 1.82) is 0 Å². The van der Waals surface area contributed by atoms with E-state index in [1.165, 1.54) is 11.8 Å². The Labute approximate surface area is 176 Å². The minimum absolute atomic E-state index is 0.157. The first kappa shape index (κ1) is 20.7. The molecule has 7 nitrogen and oxygen atoms in total. The second kappa shape index (κ2) is 8.98. The zero-order valence-corrected chi connectivity index (χ0v) is 17.9. The highest BCUT2D eigenvalue weighted by Crippen LogP contribution is 2.32. The number of carbonyl (C=O) groups excluding carboxylic acids is 1. The molecule has 0 bridgehead atoms. The van der Waals surface area contributed by atoms with Crippen LogP contribution in [0.3, 0.4) is 0 Å². The molecule has 2 heterocycles. The van der Waals surface area contributed by atoms with E-state index in [0.29, 0.717) is 45.1 Å². The third-order valence-corrected chi connectivity index (χ3v) is 5.17. The van der Waals surface area contributed by atoms with E-state index in [1.54, 1.807) is 25.1 Å². The molecular weight excluding hydrogens is 421 g/mol. The third kappa shape index (κ3) is 5.06.